The molecule has 0 aliphatic carbocycles. The molecule has 3 atom stereocenters. The van der Waals surface area contributed by atoms with E-state index in [9.17, 15) is 14.3 Å². The Morgan fingerprint density at radius 1 is 1.29 bits per heavy atom. The molecule has 1 unspecified atom stereocenters. The maximum atomic E-state index is 14.7. The van der Waals surface area contributed by atoms with Gasteiger partial charge in [-0.3, -0.25) is 0 Å². The van der Waals surface area contributed by atoms with Gasteiger partial charge in [-0.1, -0.05) is 38.4 Å². The maximum absolute atomic E-state index is 14.7. The van der Waals surface area contributed by atoms with Crippen LogP contribution in [0, 0.1) is 11.2 Å². The lowest BCUT2D eigenvalue weighted by molar-refractivity contribution is 0.124. The van der Waals surface area contributed by atoms with Gasteiger partial charge in [-0.15, -0.1) is 11.8 Å². The van der Waals surface area contributed by atoms with Crippen LogP contribution in [0.1, 0.15) is 38.7 Å². The number of hydrogen-bond donors (Lipinski definition) is 1. The third kappa shape index (κ3) is 3.30. The summed E-state index contributed by atoms with van der Waals surface area (Å²) in [7, 11) is 0. The van der Waals surface area contributed by atoms with Gasteiger partial charge < -0.3 is 14.9 Å². The van der Waals surface area contributed by atoms with Crippen LogP contribution in [0.2, 0.25) is 5.02 Å². The number of piperidine rings is 1. The van der Waals surface area contributed by atoms with Gasteiger partial charge in [-0.2, -0.15) is 0 Å². The summed E-state index contributed by atoms with van der Waals surface area (Å²) in [6.45, 7) is 7.84. The number of nitrogens with zero attached hydrogens (tertiary/aromatic N) is 2. The van der Waals surface area contributed by atoms with Crippen molar-refractivity contribution in [2.75, 3.05) is 23.7 Å². The van der Waals surface area contributed by atoms with Gasteiger partial charge >= 0.3 is 6.09 Å². The predicted octanol–water partition coefficient (Wildman–Crippen LogP) is 6.32. The minimum absolute atomic E-state index is 0.0765. The summed E-state index contributed by atoms with van der Waals surface area (Å²) < 4.78 is 14.7. The summed E-state index contributed by atoms with van der Waals surface area (Å²) in [5.41, 5.74) is 3.63. The van der Waals surface area contributed by atoms with Crippen molar-refractivity contribution in [2.24, 2.45) is 5.41 Å². The highest BCUT2D eigenvalue weighted by Crippen LogP contribution is 2.56. The number of rotatable bonds is 1. The topological polar surface area (TPSA) is 43.8 Å². The maximum Gasteiger partial charge on any atom is 0.407 e. The highest BCUT2D eigenvalue weighted by Gasteiger charge is 2.50. The number of benzene rings is 2. The average molecular weight is 461 g/mol. The van der Waals surface area contributed by atoms with Crippen LogP contribution in [0.3, 0.4) is 0 Å². The summed E-state index contributed by atoms with van der Waals surface area (Å²) in [5, 5.41) is 10.0. The molecule has 31 heavy (non-hydrogen) atoms. The number of carboxylic acid groups (broad SMARTS) is 1. The van der Waals surface area contributed by atoms with Crippen LogP contribution in [0.5, 0.6) is 0 Å². The first-order valence-corrected chi connectivity index (χ1v) is 12.0. The first-order chi connectivity index (χ1) is 14.7. The van der Waals surface area contributed by atoms with Crippen LogP contribution >= 0.6 is 23.4 Å². The van der Waals surface area contributed by atoms with E-state index in [2.05, 4.69) is 37.8 Å². The molecule has 0 spiro atoms. The summed E-state index contributed by atoms with van der Waals surface area (Å²) in [5.74, 6) is 0.693. The molecule has 0 bridgehead atoms. The molecule has 0 radical (unpaired) electrons. The van der Waals surface area contributed by atoms with Crippen LogP contribution in [0.15, 0.2) is 35.2 Å². The van der Waals surface area contributed by atoms with Gasteiger partial charge in [-0.25, -0.2) is 9.18 Å². The van der Waals surface area contributed by atoms with E-state index < -0.39 is 6.09 Å². The second-order valence-corrected chi connectivity index (χ2v) is 11.3. The Morgan fingerprint density at radius 3 is 2.74 bits per heavy atom. The van der Waals surface area contributed by atoms with Crippen molar-refractivity contribution in [3.8, 4) is 11.1 Å². The third-order valence-corrected chi connectivity index (χ3v) is 8.37. The second kappa shape index (κ2) is 7.31. The van der Waals surface area contributed by atoms with Crippen molar-refractivity contribution in [1.82, 2.24) is 4.90 Å². The first-order valence-electron chi connectivity index (χ1n) is 10.7. The van der Waals surface area contributed by atoms with Gasteiger partial charge in [0.25, 0.3) is 0 Å². The lowest BCUT2D eigenvalue weighted by Gasteiger charge is -2.48. The molecular weight excluding hydrogens is 435 g/mol. The van der Waals surface area contributed by atoms with E-state index in [1.165, 1.54) is 16.7 Å². The van der Waals surface area contributed by atoms with Crippen LogP contribution in [0.4, 0.5) is 14.9 Å². The Balaban J connectivity index is 1.69. The Hall–Kier alpha value is -1.92. The number of carbonyl (C=O) groups is 1. The van der Waals surface area contributed by atoms with E-state index in [-0.39, 0.29) is 23.2 Å². The van der Waals surface area contributed by atoms with E-state index in [1.54, 1.807) is 12.1 Å². The number of anilines is 1. The molecule has 1 fully saturated rings. The summed E-state index contributed by atoms with van der Waals surface area (Å²) in [4.78, 5) is 17.0. The van der Waals surface area contributed by atoms with Crippen molar-refractivity contribution in [2.45, 2.75) is 50.1 Å². The van der Waals surface area contributed by atoms with Crippen molar-refractivity contribution < 1.29 is 14.3 Å². The second-order valence-electron chi connectivity index (χ2n) is 9.80. The van der Waals surface area contributed by atoms with E-state index in [0.717, 1.165) is 28.2 Å². The monoisotopic (exact) mass is 460 g/mol. The molecule has 164 valence electrons. The SMILES string of the molecule is CC(C)(C)C1CSc2cc(-c3c(F)cccc3Cl)cc3c2N1[C@H]1CCN(C(=O)O)C[C@@H]31. The minimum atomic E-state index is -0.872. The quantitative estimate of drug-likeness (QED) is 0.540. The number of halogens is 2. The molecule has 3 heterocycles. The van der Waals surface area contributed by atoms with Crippen LogP contribution in [-0.4, -0.2) is 47.0 Å². The largest absolute Gasteiger partial charge is 0.465 e. The predicted molar refractivity (Wildman–Crippen MR) is 124 cm³/mol. The standard InChI is InChI=1S/C24H26ClFN2O2S/c1-24(2,3)20-12-31-19-10-13(21-16(25)5-4-6-17(21)26)9-14-15-11-27(23(29)30)8-7-18(15)28(20)22(14)19/h4-6,9-10,15,18,20H,7-8,11-12H2,1-3H3,(H,29,30)/t15-,18-,20?/m0/s1. The van der Waals surface area contributed by atoms with E-state index in [4.69, 9.17) is 11.6 Å². The highest BCUT2D eigenvalue weighted by molar-refractivity contribution is 7.99. The van der Waals surface area contributed by atoms with Gasteiger partial charge in [0.15, 0.2) is 0 Å². The average Bonchev–Trinajstić information content (AvgIpc) is 3.02. The van der Waals surface area contributed by atoms with Crippen molar-refractivity contribution >= 4 is 35.1 Å². The van der Waals surface area contributed by atoms with Crippen LogP contribution in [-0.2, 0) is 0 Å². The van der Waals surface area contributed by atoms with E-state index in [1.807, 2.05) is 11.8 Å². The number of thioether (sulfide) groups is 1. The molecule has 1 amide bonds. The van der Waals surface area contributed by atoms with Crippen LogP contribution < -0.4 is 4.90 Å². The van der Waals surface area contributed by atoms with E-state index >= 15 is 0 Å². The zero-order chi connectivity index (χ0) is 22.1. The van der Waals surface area contributed by atoms with Gasteiger partial charge in [0.2, 0.25) is 0 Å². The van der Waals surface area contributed by atoms with Crippen LogP contribution in [0.25, 0.3) is 11.1 Å². The fraction of sp³-hybridized carbons (Fsp3) is 0.458. The molecule has 1 N–H and O–H groups in total. The highest BCUT2D eigenvalue weighted by atomic mass is 35.5. The Labute approximate surface area is 191 Å². The smallest absolute Gasteiger partial charge is 0.407 e. The normalized spacial score (nSPS) is 24.7. The fourth-order valence-electron chi connectivity index (χ4n) is 5.44. The fourth-order valence-corrected chi connectivity index (χ4v) is 7.28. The van der Waals surface area contributed by atoms with Gasteiger partial charge in [0.1, 0.15) is 5.82 Å². The molecule has 7 heteroatoms. The Kier molecular flexibility index (Phi) is 4.94. The molecular formula is C24H26ClFN2O2S. The number of hydrogen-bond acceptors (Lipinski definition) is 3. The molecule has 3 aliphatic rings. The molecule has 0 saturated carbocycles. The lowest BCUT2D eigenvalue weighted by atomic mass is 9.84. The molecule has 5 rings (SSSR count). The Morgan fingerprint density at radius 2 is 2.06 bits per heavy atom. The number of likely N-dealkylation sites (tertiary alicyclic amines) is 1. The molecule has 4 nitrogen and oxygen atoms in total. The summed E-state index contributed by atoms with van der Waals surface area (Å²) in [6, 6.07) is 9.50. The lowest BCUT2D eigenvalue weighted by Crippen LogP contribution is -2.55. The third-order valence-electron chi connectivity index (χ3n) is 6.95. The minimum Gasteiger partial charge on any atom is -0.465 e. The van der Waals surface area contributed by atoms with Gasteiger partial charge in [-0.05, 0) is 47.2 Å². The van der Waals surface area contributed by atoms with Crippen molar-refractivity contribution in [1.29, 1.82) is 0 Å². The molecule has 0 aromatic heterocycles. The zero-order valence-electron chi connectivity index (χ0n) is 17.9. The molecule has 2 aromatic carbocycles. The summed E-state index contributed by atoms with van der Waals surface area (Å²) >= 11 is 8.21. The molecule has 3 aliphatic heterocycles. The van der Waals surface area contributed by atoms with Gasteiger partial charge in [0, 0.05) is 47.3 Å². The van der Waals surface area contributed by atoms with Crippen molar-refractivity contribution in [3.63, 3.8) is 0 Å². The number of amides is 1. The molecule has 2 aromatic rings. The Bertz CT molecular complexity index is 1050. The van der Waals surface area contributed by atoms with Gasteiger partial charge in [0.05, 0.1) is 10.7 Å². The van der Waals surface area contributed by atoms with Crippen molar-refractivity contribution in [3.05, 3.63) is 46.7 Å². The summed E-state index contributed by atoms with van der Waals surface area (Å²) in [6.07, 6.45) is -0.0680. The molecule has 1 saturated heterocycles. The zero-order valence-corrected chi connectivity index (χ0v) is 19.4. The first kappa shape index (κ1) is 21.0. The number of fused-ring (bicyclic) bond motifs is 3. The van der Waals surface area contributed by atoms with E-state index in [0.29, 0.717) is 29.7 Å².